The number of carbonyl (C=O) groups is 2. The molecular formula is C19H26N2O3. The average molecular weight is 330 g/mol. The van der Waals surface area contributed by atoms with Crippen molar-refractivity contribution in [3.63, 3.8) is 0 Å². The monoisotopic (exact) mass is 330 g/mol. The van der Waals surface area contributed by atoms with Crippen molar-refractivity contribution < 1.29 is 14.3 Å². The predicted molar refractivity (Wildman–Crippen MR) is 93.1 cm³/mol. The summed E-state index contributed by atoms with van der Waals surface area (Å²) in [7, 11) is 1.89. The van der Waals surface area contributed by atoms with Crippen molar-refractivity contribution in [3.05, 3.63) is 23.8 Å². The Morgan fingerprint density at radius 3 is 2.71 bits per heavy atom. The lowest BCUT2D eigenvalue weighted by Crippen LogP contribution is -2.39. The highest BCUT2D eigenvalue weighted by Crippen LogP contribution is 2.31. The SMILES string of the molecule is CN(C(=O)COc1cccc2c1CCC(=O)N2)C1CCCCCC1. The Kier molecular flexibility index (Phi) is 5.38. The van der Waals surface area contributed by atoms with E-state index in [0.717, 1.165) is 24.1 Å². The van der Waals surface area contributed by atoms with Crippen LogP contribution in [0.2, 0.25) is 0 Å². The minimum atomic E-state index is 0.0272. The van der Waals surface area contributed by atoms with Gasteiger partial charge in [0.2, 0.25) is 5.91 Å². The van der Waals surface area contributed by atoms with Crippen molar-refractivity contribution in [1.82, 2.24) is 4.90 Å². The van der Waals surface area contributed by atoms with Gasteiger partial charge in [-0.15, -0.1) is 0 Å². The van der Waals surface area contributed by atoms with Gasteiger partial charge in [0.15, 0.2) is 6.61 Å². The molecular weight excluding hydrogens is 304 g/mol. The van der Waals surface area contributed by atoms with Crippen molar-refractivity contribution in [1.29, 1.82) is 0 Å². The smallest absolute Gasteiger partial charge is 0.260 e. The van der Waals surface area contributed by atoms with Gasteiger partial charge in [-0.25, -0.2) is 0 Å². The summed E-state index contributed by atoms with van der Waals surface area (Å²) >= 11 is 0. The first kappa shape index (κ1) is 16.8. The van der Waals surface area contributed by atoms with Crippen molar-refractivity contribution in [2.75, 3.05) is 19.0 Å². The van der Waals surface area contributed by atoms with Crippen LogP contribution in [0.1, 0.15) is 50.5 Å². The number of nitrogens with one attached hydrogen (secondary N) is 1. The second-order valence-electron chi connectivity index (χ2n) is 6.77. The molecule has 24 heavy (non-hydrogen) atoms. The lowest BCUT2D eigenvalue weighted by Gasteiger charge is -2.27. The Balaban J connectivity index is 1.60. The molecule has 0 bridgehead atoms. The Hall–Kier alpha value is -2.04. The van der Waals surface area contributed by atoms with Crippen molar-refractivity contribution in [3.8, 4) is 5.75 Å². The quantitative estimate of drug-likeness (QED) is 0.863. The molecule has 130 valence electrons. The summed E-state index contributed by atoms with van der Waals surface area (Å²) in [6.07, 6.45) is 8.26. The molecule has 0 atom stereocenters. The van der Waals surface area contributed by atoms with Crippen molar-refractivity contribution >= 4 is 17.5 Å². The molecule has 1 aromatic carbocycles. The zero-order valence-corrected chi connectivity index (χ0v) is 14.3. The highest BCUT2D eigenvalue weighted by molar-refractivity contribution is 5.94. The molecule has 5 nitrogen and oxygen atoms in total. The summed E-state index contributed by atoms with van der Waals surface area (Å²) in [4.78, 5) is 25.8. The van der Waals surface area contributed by atoms with Gasteiger partial charge in [-0.1, -0.05) is 31.7 Å². The Labute approximate surface area is 143 Å². The molecule has 1 aliphatic heterocycles. The van der Waals surface area contributed by atoms with Gasteiger partial charge in [-0.2, -0.15) is 0 Å². The van der Waals surface area contributed by atoms with Gasteiger partial charge in [0.25, 0.3) is 5.91 Å². The van der Waals surface area contributed by atoms with Gasteiger partial charge in [0, 0.05) is 30.8 Å². The molecule has 0 unspecified atom stereocenters. The molecule has 5 heteroatoms. The molecule has 0 saturated heterocycles. The second kappa shape index (κ2) is 7.69. The maximum absolute atomic E-state index is 12.5. The summed E-state index contributed by atoms with van der Waals surface area (Å²) in [6, 6.07) is 5.93. The Morgan fingerprint density at radius 1 is 1.21 bits per heavy atom. The van der Waals surface area contributed by atoms with Crippen LogP contribution >= 0.6 is 0 Å². The number of benzene rings is 1. The number of anilines is 1. The lowest BCUT2D eigenvalue weighted by molar-refractivity contribution is -0.134. The van der Waals surface area contributed by atoms with E-state index >= 15 is 0 Å². The van der Waals surface area contributed by atoms with Gasteiger partial charge in [0.05, 0.1) is 0 Å². The van der Waals surface area contributed by atoms with Crippen LogP contribution in [0.15, 0.2) is 18.2 Å². The number of ether oxygens (including phenoxy) is 1. The van der Waals surface area contributed by atoms with Crippen LogP contribution in [0.3, 0.4) is 0 Å². The van der Waals surface area contributed by atoms with E-state index in [1.54, 1.807) is 0 Å². The number of likely N-dealkylation sites (N-methyl/N-ethyl adjacent to an activating group) is 1. The molecule has 0 radical (unpaired) electrons. The molecule has 0 aromatic heterocycles. The average Bonchev–Trinajstić information content (AvgIpc) is 2.88. The van der Waals surface area contributed by atoms with E-state index in [1.807, 2.05) is 30.1 Å². The molecule has 1 aromatic rings. The van der Waals surface area contributed by atoms with Crippen LogP contribution < -0.4 is 10.1 Å². The highest BCUT2D eigenvalue weighted by atomic mass is 16.5. The van der Waals surface area contributed by atoms with Crippen LogP contribution in [0.4, 0.5) is 5.69 Å². The van der Waals surface area contributed by atoms with Crippen LogP contribution in [0.25, 0.3) is 0 Å². The number of nitrogens with zero attached hydrogens (tertiary/aromatic N) is 1. The fourth-order valence-corrected chi connectivity index (χ4v) is 3.62. The third-order valence-corrected chi connectivity index (χ3v) is 5.13. The van der Waals surface area contributed by atoms with Crippen LogP contribution in [-0.2, 0) is 16.0 Å². The minimum absolute atomic E-state index is 0.0272. The Morgan fingerprint density at radius 2 is 1.96 bits per heavy atom. The van der Waals surface area contributed by atoms with E-state index in [1.165, 1.54) is 25.7 Å². The third kappa shape index (κ3) is 3.89. The highest BCUT2D eigenvalue weighted by Gasteiger charge is 2.23. The van der Waals surface area contributed by atoms with E-state index in [0.29, 0.717) is 24.6 Å². The van der Waals surface area contributed by atoms with Gasteiger partial charge in [-0.3, -0.25) is 9.59 Å². The number of amides is 2. The first-order valence-corrected chi connectivity index (χ1v) is 8.95. The summed E-state index contributed by atoms with van der Waals surface area (Å²) in [6.45, 7) is 0.0530. The van der Waals surface area contributed by atoms with E-state index in [4.69, 9.17) is 4.74 Å². The fraction of sp³-hybridized carbons (Fsp3) is 0.579. The normalized spacial score (nSPS) is 18.3. The molecule has 3 rings (SSSR count). The first-order chi connectivity index (χ1) is 11.6. The molecule has 1 aliphatic carbocycles. The Bertz CT molecular complexity index is 607. The zero-order chi connectivity index (χ0) is 16.9. The molecule has 1 N–H and O–H groups in total. The van der Waals surface area contributed by atoms with Gasteiger partial charge >= 0.3 is 0 Å². The number of rotatable bonds is 4. The van der Waals surface area contributed by atoms with E-state index in [2.05, 4.69) is 5.32 Å². The third-order valence-electron chi connectivity index (χ3n) is 5.13. The molecule has 1 heterocycles. The molecule has 1 fully saturated rings. The first-order valence-electron chi connectivity index (χ1n) is 8.95. The number of hydrogen-bond donors (Lipinski definition) is 1. The number of fused-ring (bicyclic) bond motifs is 1. The second-order valence-corrected chi connectivity index (χ2v) is 6.77. The van der Waals surface area contributed by atoms with Gasteiger partial charge in [0.1, 0.15) is 5.75 Å². The van der Waals surface area contributed by atoms with Gasteiger partial charge < -0.3 is 15.0 Å². The maximum atomic E-state index is 12.5. The number of hydrogen-bond acceptors (Lipinski definition) is 3. The summed E-state index contributed by atoms with van der Waals surface area (Å²) < 4.78 is 5.80. The minimum Gasteiger partial charge on any atom is -0.483 e. The van der Waals surface area contributed by atoms with Gasteiger partial charge in [-0.05, 0) is 31.4 Å². The van der Waals surface area contributed by atoms with E-state index in [-0.39, 0.29) is 18.4 Å². The predicted octanol–water partition coefficient (Wildman–Crippen LogP) is 3.13. The molecule has 1 saturated carbocycles. The summed E-state index contributed by atoms with van der Waals surface area (Å²) in [5.41, 5.74) is 1.79. The topological polar surface area (TPSA) is 58.6 Å². The van der Waals surface area contributed by atoms with Crippen molar-refractivity contribution in [2.24, 2.45) is 0 Å². The van der Waals surface area contributed by atoms with E-state index in [9.17, 15) is 9.59 Å². The summed E-state index contributed by atoms with van der Waals surface area (Å²) in [5, 5.41) is 2.86. The largest absolute Gasteiger partial charge is 0.483 e. The van der Waals surface area contributed by atoms with Crippen LogP contribution in [0, 0.1) is 0 Å². The van der Waals surface area contributed by atoms with Crippen molar-refractivity contribution in [2.45, 2.75) is 57.4 Å². The lowest BCUT2D eigenvalue weighted by atomic mass is 10.0. The fourth-order valence-electron chi connectivity index (χ4n) is 3.62. The maximum Gasteiger partial charge on any atom is 0.260 e. The van der Waals surface area contributed by atoms with Crippen LogP contribution in [0.5, 0.6) is 5.75 Å². The molecule has 2 aliphatic rings. The molecule has 0 spiro atoms. The van der Waals surface area contributed by atoms with Crippen LogP contribution in [-0.4, -0.2) is 36.4 Å². The zero-order valence-electron chi connectivity index (χ0n) is 14.3. The molecule has 2 amide bonds. The standard InChI is InChI=1S/C19H26N2O3/c1-21(14-7-4-2-3-5-8-14)19(23)13-24-17-10-6-9-16-15(17)11-12-18(22)20-16/h6,9-10,14H,2-5,7-8,11-13H2,1H3,(H,20,22). The number of carbonyl (C=O) groups excluding carboxylic acids is 2. The van der Waals surface area contributed by atoms with E-state index < -0.39 is 0 Å². The summed E-state index contributed by atoms with van der Waals surface area (Å²) in [5.74, 6) is 0.762.